The summed E-state index contributed by atoms with van der Waals surface area (Å²) in [6.07, 6.45) is 5.52. The van der Waals surface area contributed by atoms with Gasteiger partial charge in [-0.25, -0.2) is 4.98 Å². The number of hydrogen-bond acceptors (Lipinski definition) is 5. The van der Waals surface area contributed by atoms with Crippen molar-refractivity contribution in [1.82, 2.24) is 14.7 Å². The molecule has 0 aromatic carbocycles. The Bertz CT molecular complexity index is 518. The number of thiazole rings is 1. The molecule has 3 rings (SSSR count). The molecule has 0 unspecified atom stereocenters. The number of hydrogen-bond donors (Lipinski definition) is 2. The summed E-state index contributed by atoms with van der Waals surface area (Å²) in [7, 11) is 0. The molecule has 18 heavy (non-hydrogen) atoms. The fourth-order valence-corrected chi connectivity index (χ4v) is 3.60. The van der Waals surface area contributed by atoms with E-state index in [1.807, 2.05) is 0 Å². The van der Waals surface area contributed by atoms with Crippen molar-refractivity contribution in [3.63, 3.8) is 0 Å². The quantitative estimate of drug-likeness (QED) is 0.604. The van der Waals surface area contributed by atoms with Gasteiger partial charge < -0.3 is 10.4 Å². The number of nitrogens with zero attached hydrogens (tertiary/aromatic N) is 2. The Kier molecular flexibility index (Phi) is 3.88. The van der Waals surface area contributed by atoms with Gasteiger partial charge in [-0.05, 0) is 19.3 Å². The van der Waals surface area contributed by atoms with Crippen molar-refractivity contribution in [3.8, 4) is 0 Å². The molecular formula is C12H17N3OS2. The maximum absolute atomic E-state index is 8.85. The largest absolute Gasteiger partial charge is 0.396 e. The molecule has 0 spiro atoms. The van der Waals surface area contributed by atoms with Crippen LogP contribution in [0.3, 0.4) is 0 Å². The monoisotopic (exact) mass is 283 g/mol. The van der Waals surface area contributed by atoms with Crippen LogP contribution in [0.2, 0.25) is 0 Å². The summed E-state index contributed by atoms with van der Waals surface area (Å²) in [6.45, 7) is 1.15. The lowest BCUT2D eigenvalue weighted by molar-refractivity contribution is 0.296. The van der Waals surface area contributed by atoms with Crippen molar-refractivity contribution in [2.24, 2.45) is 0 Å². The number of aliphatic hydroxyl groups excluding tert-OH is 1. The summed E-state index contributed by atoms with van der Waals surface area (Å²) in [4.78, 5) is 5.73. The third kappa shape index (κ3) is 2.71. The first-order valence-corrected chi connectivity index (χ1v) is 8.16. The van der Waals surface area contributed by atoms with Gasteiger partial charge in [-0.3, -0.25) is 4.40 Å². The number of rotatable bonds is 7. The Balaban J connectivity index is 1.76. The van der Waals surface area contributed by atoms with E-state index in [1.165, 1.54) is 18.5 Å². The lowest BCUT2D eigenvalue weighted by Crippen LogP contribution is -2.17. The molecule has 2 aromatic heterocycles. The SMILES string of the molecule is OCCCSc1nc2sccn2c1CNC1CC1. The molecule has 2 heterocycles. The normalized spacial score (nSPS) is 15.6. The first-order chi connectivity index (χ1) is 8.88. The molecule has 0 amide bonds. The topological polar surface area (TPSA) is 49.6 Å². The average Bonchev–Trinajstić information content (AvgIpc) is 2.98. The predicted molar refractivity (Wildman–Crippen MR) is 75.4 cm³/mol. The highest BCUT2D eigenvalue weighted by Gasteiger charge is 2.22. The third-order valence-electron chi connectivity index (χ3n) is 3.00. The van der Waals surface area contributed by atoms with E-state index < -0.39 is 0 Å². The van der Waals surface area contributed by atoms with Crippen LogP contribution in [0.1, 0.15) is 25.0 Å². The van der Waals surface area contributed by atoms with Gasteiger partial charge in [0.1, 0.15) is 5.03 Å². The minimum absolute atomic E-state index is 0.255. The number of aromatic nitrogens is 2. The van der Waals surface area contributed by atoms with Crippen LogP contribution in [-0.4, -0.2) is 32.9 Å². The summed E-state index contributed by atoms with van der Waals surface area (Å²) < 4.78 is 2.18. The number of thioether (sulfide) groups is 1. The number of imidazole rings is 1. The number of nitrogens with one attached hydrogen (secondary N) is 1. The molecule has 0 saturated heterocycles. The van der Waals surface area contributed by atoms with Gasteiger partial charge in [0.05, 0.1) is 5.69 Å². The lowest BCUT2D eigenvalue weighted by Gasteiger charge is -2.04. The van der Waals surface area contributed by atoms with E-state index in [4.69, 9.17) is 5.11 Å². The second kappa shape index (κ2) is 5.61. The van der Waals surface area contributed by atoms with Crippen LogP contribution in [0.15, 0.2) is 16.6 Å². The van der Waals surface area contributed by atoms with Gasteiger partial charge >= 0.3 is 0 Å². The molecule has 1 aliphatic rings. The molecule has 0 bridgehead atoms. The minimum Gasteiger partial charge on any atom is -0.396 e. The predicted octanol–water partition coefficient (Wildman–Crippen LogP) is 2.12. The van der Waals surface area contributed by atoms with Gasteiger partial charge in [0.15, 0.2) is 4.96 Å². The molecular weight excluding hydrogens is 266 g/mol. The van der Waals surface area contributed by atoms with Gasteiger partial charge in [-0.2, -0.15) is 0 Å². The fraction of sp³-hybridized carbons (Fsp3) is 0.583. The van der Waals surface area contributed by atoms with E-state index in [1.54, 1.807) is 23.1 Å². The van der Waals surface area contributed by atoms with Crippen LogP contribution in [0.4, 0.5) is 0 Å². The molecule has 4 nitrogen and oxygen atoms in total. The van der Waals surface area contributed by atoms with Crippen LogP contribution in [-0.2, 0) is 6.54 Å². The van der Waals surface area contributed by atoms with Crippen molar-refractivity contribution in [2.75, 3.05) is 12.4 Å². The molecule has 1 saturated carbocycles. The smallest absolute Gasteiger partial charge is 0.194 e. The van der Waals surface area contributed by atoms with E-state index in [2.05, 4.69) is 26.3 Å². The molecule has 0 atom stereocenters. The Morgan fingerprint density at radius 1 is 1.56 bits per heavy atom. The van der Waals surface area contributed by atoms with Crippen molar-refractivity contribution in [3.05, 3.63) is 17.3 Å². The molecule has 6 heteroatoms. The van der Waals surface area contributed by atoms with Gasteiger partial charge in [-0.1, -0.05) is 0 Å². The van der Waals surface area contributed by atoms with Crippen molar-refractivity contribution in [1.29, 1.82) is 0 Å². The highest BCUT2D eigenvalue weighted by Crippen LogP contribution is 2.27. The Morgan fingerprint density at radius 2 is 2.44 bits per heavy atom. The first kappa shape index (κ1) is 12.5. The van der Waals surface area contributed by atoms with Crippen molar-refractivity contribution in [2.45, 2.75) is 36.9 Å². The Hall–Kier alpha value is -0.560. The summed E-state index contributed by atoms with van der Waals surface area (Å²) in [5, 5.41) is 15.6. The highest BCUT2D eigenvalue weighted by molar-refractivity contribution is 7.99. The zero-order valence-corrected chi connectivity index (χ0v) is 11.8. The van der Waals surface area contributed by atoms with Crippen LogP contribution in [0.5, 0.6) is 0 Å². The molecule has 2 aromatic rings. The van der Waals surface area contributed by atoms with E-state index in [-0.39, 0.29) is 6.61 Å². The molecule has 0 aliphatic heterocycles. The first-order valence-electron chi connectivity index (χ1n) is 6.30. The number of fused-ring (bicyclic) bond motifs is 1. The molecule has 0 radical (unpaired) electrons. The Morgan fingerprint density at radius 3 is 3.22 bits per heavy atom. The van der Waals surface area contributed by atoms with Crippen molar-refractivity contribution >= 4 is 28.1 Å². The molecule has 1 fully saturated rings. The maximum Gasteiger partial charge on any atom is 0.194 e. The van der Waals surface area contributed by atoms with Gasteiger partial charge in [0, 0.05) is 36.5 Å². The van der Waals surface area contributed by atoms with Crippen molar-refractivity contribution < 1.29 is 5.11 Å². The van der Waals surface area contributed by atoms with Gasteiger partial charge in [-0.15, -0.1) is 23.1 Å². The van der Waals surface area contributed by atoms with Crippen LogP contribution in [0, 0.1) is 0 Å². The summed E-state index contributed by atoms with van der Waals surface area (Å²) in [6, 6.07) is 0.712. The molecule has 98 valence electrons. The molecule has 2 N–H and O–H groups in total. The van der Waals surface area contributed by atoms with Crippen LogP contribution >= 0.6 is 23.1 Å². The lowest BCUT2D eigenvalue weighted by atomic mass is 10.4. The van der Waals surface area contributed by atoms with Crippen LogP contribution in [0.25, 0.3) is 4.96 Å². The summed E-state index contributed by atoms with van der Waals surface area (Å²) in [5.41, 5.74) is 1.26. The molecule has 1 aliphatic carbocycles. The Labute approximate surface area is 114 Å². The minimum atomic E-state index is 0.255. The standard InChI is InChI=1S/C12H17N3OS2/c16-5-1-6-17-11-10(8-13-9-2-3-9)15-4-7-18-12(15)14-11/h4,7,9,13,16H,1-3,5-6,8H2. The second-order valence-corrected chi connectivity index (χ2v) is 6.46. The maximum atomic E-state index is 8.85. The fourth-order valence-electron chi connectivity index (χ4n) is 1.85. The summed E-state index contributed by atoms with van der Waals surface area (Å²) >= 11 is 3.42. The average molecular weight is 283 g/mol. The van der Waals surface area contributed by atoms with Gasteiger partial charge in [0.25, 0.3) is 0 Å². The van der Waals surface area contributed by atoms with E-state index >= 15 is 0 Å². The van der Waals surface area contributed by atoms with Crippen LogP contribution < -0.4 is 5.32 Å². The number of aliphatic hydroxyl groups is 1. The van der Waals surface area contributed by atoms with E-state index in [0.717, 1.165) is 28.7 Å². The summed E-state index contributed by atoms with van der Waals surface area (Å²) in [5.74, 6) is 0.928. The van der Waals surface area contributed by atoms with Gasteiger partial charge in [0.2, 0.25) is 0 Å². The second-order valence-electron chi connectivity index (χ2n) is 4.50. The van der Waals surface area contributed by atoms with E-state index in [9.17, 15) is 0 Å². The van der Waals surface area contributed by atoms with E-state index in [0.29, 0.717) is 6.04 Å². The third-order valence-corrected chi connectivity index (χ3v) is 4.85. The zero-order chi connectivity index (χ0) is 12.4. The highest BCUT2D eigenvalue weighted by atomic mass is 32.2. The zero-order valence-electron chi connectivity index (χ0n) is 10.1.